The topological polar surface area (TPSA) is 85.2 Å². The number of rotatable bonds is 6. The summed E-state index contributed by atoms with van der Waals surface area (Å²) in [5, 5.41) is 10.5. The lowest BCUT2D eigenvalue weighted by molar-refractivity contribution is -0.123. The van der Waals surface area contributed by atoms with Gasteiger partial charge in [0.05, 0.1) is 19.2 Å². The summed E-state index contributed by atoms with van der Waals surface area (Å²) in [4.78, 5) is 25.4. The summed E-state index contributed by atoms with van der Waals surface area (Å²) >= 11 is 0. The van der Waals surface area contributed by atoms with Crippen LogP contribution >= 0.6 is 0 Å². The normalized spacial score (nSPS) is 14.8. The molecule has 0 radical (unpaired) electrons. The van der Waals surface area contributed by atoms with Crippen LogP contribution in [0.2, 0.25) is 0 Å². The summed E-state index contributed by atoms with van der Waals surface area (Å²) < 4.78 is 6.90. The molecule has 0 bridgehead atoms. The molecule has 1 aliphatic rings. The summed E-state index contributed by atoms with van der Waals surface area (Å²) in [5.74, 6) is 0.946. The van der Waals surface area contributed by atoms with Gasteiger partial charge in [0.1, 0.15) is 17.6 Å². The SMILES string of the molecule is CCc1nn2c(c1-c1ccc(OC)cc1)NC(=O)C2CC(=O)Nc1ccc(C)cc1C. The predicted molar refractivity (Wildman–Crippen MR) is 120 cm³/mol. The molecule has 0 aliphatic carbocycles. The number of carbonyl (C=O) groups is 2. The number of fused-ring (bicyclic) bond motifs is 1. The van der Waals surface area contributed by atoms with Gasteiger partial charge in [0, 0.05) is 11.3 Å². The van der Waals surface area contributed by atoms with Gasteiger partial charge in [0.15, 0.2) is 0 Å². The number of hydrogen-bond acceptors (Lipinski definition) is 4. The predicted octanol–water partition coefficient (Wildman–Crippen LogP) is 4.26. The van der Waals surface area contributed by atoms with Gasteiger partial charge in [-0.3, -0.25) is 9.59 Å². The van der Waals surface area contributed by atoms with Crippen molar-refractivity contribution < 1.29 is 14.3 Å². The molecule has 4 rings (SSSR count). The smallest absolute Gasteiger partial charge is 0.251 e. The van der Waals surface area contributed by atoms with E-state index in [0.29, 0.717) is 12.2 Å². The Morgan fingerprint density at radius 1 is 1.19 bits per heavy atom. The maximum atomic E-state index is 12.7. The van der Waals surface area contributed by atoms with E-state index >= 15 is 0 Å². The van der Waals surface area contributed by atoms with E-state index in [2.05, 4.69) is 15.7 Å². The Morgan fingerprint density at radius 2 is 1.94 bits per heavy atom. The molecule has 0 spiro atoms. The molecular weight excluding hydrogens is 392 g/mol. The molecule has 2 aromatic carbocycles. The zero-order chi connectivity index (χ0) is 22.1. The second-order valence-electron chi connectivity index (χ2n) is 7.77. The van der Waals surface area contributed by atoms with Crippen LogP contribution in [-0.2, 0) is 16.0 Å². The second kappa shape index (κ2) is 8.26. The van der Waals surface area contributed by atoms with Crippen LogP contribution in [0.15, 0.2) is 42.5 Å². The number of methoxy groups -OCH3 is 1. The maximum absolute atomic E-state index is 12.7. The standard InChI is InChI=1S/C24H26N4O3/c1-5-18-22(16-7-9-17(31-4)10-8-16)23-26-24(30)20(28(23)27-18)13-21(29)25-19-11-6-14(2)12-15(19)3/h6-12,20H,5,13H2,1-4H3,(H,25,29)(H,26,30). The van der Waals surface area contributed by atoms with Gasteiger partial charge >= 0.3 is 0 Å². The van der Waals surface area contributed by atoms with Crippen LogP contribution in [0.3, 0.4) is 0 Å². The average Bonchev–Trinajstić information content (AvgIpc) is 3.25. The monoisotopic (exact) mass is 418 g/mol. The van der Waals surface area contributed by atoms with Gasteiger partial charge in [0.25, 0.3) is 5.91 Å². The first-order valence-electron chi connectivity index (χ1n) is 10.3. The first-order chi connectivity index (χ1) is 14.9. The highest BCUT2D eigenvalue weighted by atomic mass is 16.5. The van der Waals surface area contributed by atoms with E-state index in [1.54, 1.807) is 11.8 Å². The zero-order valence-electron chi connectivity index (χ0n) is 18.2. The largest absolute Gasteiger partial charge is 0.497 e. The molecule has 7 heteroatoms. The fraction of sp³-hybridized carbons (Fsp3) is 0.292. The van der Waals surface area contributed by atoms with Crippen molar-refractivity contribution in [2.45, 2.75) is 39.7 Å². The Kier molecular flexibility index (Phi) is 5.50. The first-order valence-corrected chi connectivity index (χ1v) is 10.3. The Labute approximate surface area is 181 Å². The van der Waals surface area contributed by atoms with Crippen LogP contribution in [0.25, 0.3) is 11.1 Å². The number of anilines is 2. The van der Waals surface area contributed by atoms with Crippen molar-refractivity contribution in [2.75, 3.05) is 17.7 Å². The molecule has 3 aromatic rings. The first kappa shape index (κ1) is 20.7. The number of amides is 2. The second-order valence-corrected chi connectivity index (χ2v) is 7.77. The Balaban J connectivity index is 1.60. The third-order valence-electron chi connectivity index (χ3n) is 5.57. The minimum absolute atomic E-state index is 0.0129. The molecule has 0 saturated heterocycles. The van der Waals surface area contributed by atoms with Crippen molar-refractivity contribution in [1.29, 1.82) is 0 Å². The molecule has 2 amide bonds. The third-order valence-corrected chi connectivity index (χ3v) is 5.57. The van der Waals surface area contributed by atoms with Crippen LogP contribution in [0.5, 0.6) is 5.75 Å². The molecule has 31 heavy (non-hydrogen) atoms. The molecule has 7 nitrogen and oxygen atoms in total. The van der Waals surface area contributed by atoms with Gasteiger partial charge in [-0.2, -0.15) is 5.10 Å². The highest BCUT2D eigenvalue weighted by Gasteiger charge is 2.36. The quantitative estimate of drug-likeness (QED) is 0.626. The summed E-state index contributed by atoms with van der Waals surface area (Å²) in [5.41, 5.74) is 5.57. The summed E-state index contributed by atoms with van der Waals surface area (Å²) in [6.45, 7) is 5.98. The molecule has 0 fully saturated rings. The maximum Gasteiger partial charge on any atom is 0.251 e. The van der Waals surface area contributed by atoms with Gasteiger partial charge in [-0.1, -0.05) is 36.8 Å². The highest BCUT2D eigenvalue weighted by molar-refractivity contribution is 6.04. The van der Waals surface area contributed by atoms with Crippen molar-refractivity contribution >= 4 is 23.3 Å². The van der Waals surface area contributed by atoms with Gasteiger partial charge in [-0.15, -0.1) is 0 Å². The van der Waals surface area contributed by atoms with E-state index in [1.165, 1.54) is 0 Å². The lowest BCUT2D eigenvalue weighted by Gasteiger charge is -2.12. The molecule has 1 atom stereocenters. The van der Waals surface area contributed by atoms with Gasteiger partial charge < -0.3 is 15.4 Å². The summed E-state index contributed by atoms with van der Waals surface area (Å²) in [6, 6.07) is 12.8. The minimum Gasteiger partial charge on any atom is -0.497 e. The number of nitrogens with zero attached hydrogens (tertiary/aromatic N) is 2. The molecule has 1 aliphatic heterocycles. The van der Waals surface area contributed by atoms with E-state index in [-0.39, 0.29) is 18.2 Å². The van der Waals surface area contributed by atoms with Crippen LogP contribution < -0.4 is 15.4 Å². The number of nitrogens with one attached hydrogen (secondary N) is 2. The molecule has 1 unspecified atom stereocenters. The van der Waals surface area contributed by atoms with Crippen LogP contribution in [-0.4, -0.2) is 28.7 Å². The van der Waals surface area contributed by atoms with E-state index in [9.17, 15) is 9.59 Å². The number of benzene rings is 2. The Bertz CT molecular complexity index is 1150. The highest BCUT2D eigenvalue weighted by Crippen LogP contribution is 2.39. The number of ether oxygens (including phenoxy) is 1. The molecule has 2 heterocycles. The van der Waals surface area contributed by atoms with Crippen molar-refractivity contribution in [3.63, 3.8) is 0 Å². The molecule has 2 N–H and O–H groups in total. The fourth-order valence-electron chi connectivity index (χ4n) is 3.96. The number of carbonyl (C=O) groups excluding carboxylic acids is 2. The van der Waals surface area contributed by atoms with E-state index < -0.39 is 6.04 Å². The number of aromatic nitrogens is 2. The third kappa shape index (κ3) is 3.91. The molecule has 1 aromatic heterocycles. The van der Waals surface area contributed by atoms with Crippen molar-refractivity contribution in [3.8, 4) is 16.9 Å². The van der Waals surface area contributed by atoms with Crippen molar-refractivity contribution in [1.82, 2.24) is 9.78 Å². The fourth-order valence-corrected chi connectivity index (χ4v) is 3.96. The van der Waals surface area contributed by atoms with Crippen LogP contribution in [0.1, 0.15) is 36.2 Å². The van der Waals surface area contributed by atoms with Crippen molar-refractivity contribution in [2.24, 2.45) is 0 Å². The van der Waals surface area contributed by atoms with E-state index in [0.717, 1.165) is 39.4 Å². The Hall–Kier alpha value is -3.61. The average molecular weight is 418 g/mol. The zero-order valence-corrected chi connectivity index (χ0v) is 18.2. The van der Waals surface area contributed by atoms with E-state index in [1.807, 2.05) is 63.2 Å². The summed E-state index contributed by atoms with van der Waals surface area (Å²) in [6.07, 6.45) is 0.720. The number of aryl methyl sites for hydroxylation is 3. The van der Waals surface area contributed by atoms with E-state index in [4.69, 9.17) is 4.74 Å². The molecule has 0 saturated carbocycles. The molecular formula is C24H26N4O3. The Morgan fingerprint density at radius 3 is 2.58 bits per heavy atom. The van der Waals surface area contributed by atoms with Crippen LogP contribution in [0, 0.1) is 13.8 Å². The van der Waals surface area contributed by atoms with Gasteiger partial charge in [-0.05, 0) is 49.6 Å². The summed E-state index contributed by atoms with van der Waals surface area (Å²) in [7, 11) is 1.62. The lowest BCUT2D eigenvalue weighted by atomic mass is 10.0. The minimum atomic E-state index is -0.682. The van der Waals surface area contributed by atoms with Gasteiger partial charge in [-0.25, -0.2) is 4.68 Å². The number of hydrogen-bond donors (Lipinski definition) is 2. The van der Waals surface area contributed by atoms with Crippen LogP contribution in [0.4, 0.5) is 11.5 Å². The van der Waals surface area contributed by atoms with Crippen molar-refractivity contribution in [3.05, 3.63) is 59.3 Å². The lowest BCUT2D eigenvalue weighted by Crippen LogP contribution is -2.24. The molecule has 160 valence electrons. The van der Waals surface area contributed by atoms with Gasteiger partial charge in [0.2, 0.25) is 5.91 Å².